The van der Waals surface area contributed by atoms with Gasteiger partial charge in [-0.05, 0) is 50.8 Å². The Bertz CT molecular complexity index is 1690. The highest BCUT2D eigenvalue weighted by atomic mass is 19.1. The number of aromatic nitrogens is 2. The van der Waals surface area contributed by atoms with E-state index in [1.54, 1.807) is 15.5 Å². The zero-order valence-electron chi connectivity index (χ0n) is 23.4. The van der Waals surface area contributed by atoms with Crippen molar-refractivity contribution in [1.29, 1.82) is 0 Å². The Morgan fingerprint density at radius 3 is 2.60 bits per heavy atom. The fourth-order valence-electron chi connectivity index (χ4n) is 5.63. The monoisotopic (exact) mass is 596 g/mol. The van der Waals surface area contributed by atoms with Crippen molar-refractivity contribution < 1.29 is 37.7 Å². The third-order valence-electron chi connectivity index (χ3n) is 8.09. The number of aromatic carboxylic acids is 1. The molecule has 1 saturated carbocycles. The lowest BCUT2D eigenvalue weighted by atomic mass is 10.1. The number of nitrogens with zero attached hydrogens (tertiary/aromatic N) is 4. The minimum Gasteiger partial charge on any atom is -0.490 e. The van der Waals surface area contributed by atoms with Crippen LogP contribution in [0.4, 0.5) is 25.1 Å². The van der Waals surface area contributed by atoms with E-state index in [2.05, 4.69) is 4.98 Å². The molecular formula is C30H30F2N4O7. The maximum atomic E-state index is 15.2. The molecule has 0 unspecified atom stereocenters. The number of benzene rings is 1. The molecule has 2 aromatic heterocycles. The van der Waals surface area contributed by atoms with Gasteiger partial charge in [0.25, 0.3) is 0 Å². The minimum absolute atomic E-state index is 0.00160. The van der Waals surface area contributed by atoms with E-state index in [9.17, 15) is 28.7 Å². The molecule has 2 aliphatic heterocycles. The van der Waals surface area contributed by atoms with E-state index in [0.29, 0.717) is 38.0 Å². The molecule has 4 heterocycles. The summed E-state index contributed by atoms with van der Waals surface area (Å²) in [5.41, 5.74) is -0.609. The molecule has 11 nitrogen and oxygen atoms in total. The maximum absolute atomic E-state index is 15.2. The Labute approximate surface area is 244 Å². The second-order valence-electron chi connectivity index (χ2n) is 11.4. The van der Waals surface area contributed by atoms with Gasteiger partial charge in [-0.3, -0.25) is 9.69 Å². The van der Waals surface area contributed by atoms with Gasteiger partial charge in [0.2, 0.25) is 5.43 Å². The third kappa shape index (κ3) is 5.75. The van der Waals surface area contributed by atoms with Gasteiger partial charge in [0.1, 0.15) is 23.1 Å². The maximum Gasteiger partial charge on any atom is 0.414 e. The minimum atomic E-state index is -1.37. The van der Waals surface area contributed by atoms with Crippen molar-refractivity contribution in [2.75, 3.05) is 36.0 Å². The zero-order valence-corrected chi connectivity index (χ0v) is 23.4. The van der Waals surface area contributed by atoms with Gasteiger partial charge in [-0.1, -0.05) is 0 Å². The smallest absolute Gasteiger partial charge is 0.414 e. The largest absolute Gasteiger partial charge is 0.490 e. The third-order valence-corrected chi connectivity index (χ3v) is 8.09. The number of rotatable bonds is 10. The summed E-state index contributed by atoms with van der Waals surface area (Å²) >= 11 is 0. The highest BCUT2D eigenvalue weighted by molar-refractivity contribution is 5.92. The summed E-state index contributed by atoms with van der Waals surface area (Å²) in [7, 11) is 0. The first kappa shape index (κ1) is 28.6. The molecule has 3 aliphatic rings. The Kier molecular flexibility index (Phi) is 7.49. The quantitative estimate of drug-likeness (QED) is 0.364. The van der Waals surface area contributed by atoms with E-state index in [1.165, 1.54) is 30.2 Å². The van der Waals surface area contributed by atoms with Gasteiger partial charge in [0.15, 0.2) is 23.2 Å². The number of anilines is 2. The molecule has 2 saturated heterocycles. The number of carbonyl (C=O) groups excluding carboxylic acids is 2. The molecule has 1 aromatic carbocycles. The van der Waals surface area contributed by atoms with Crippen molar-refractivity contribution in [2.45, 2.75) is 51.2 Å². The Hall–Kier alpha value is -4.55. The molecular weight excluding hydrogens is 566 g/mol. The fourth-order valence-corrected chi connectivity index (χ4v) is 5.63. The highest BCUT2D eigenvalue weighted by Gasteiger charge is 2.33. The number of Topliss-reactive ketones (excluding diaryl/α,β-unsaturated/α-hetero) is 1. The van der Waals surface area contributed by atoms with Crippen molar-refractivity contribution >= 4 is 40.4 Å². The van der Waals surface area contributed by atoms with E-state index in [4.69, 9.17) is 9.47 Å². The number of amides is 1. The molecule has 2 atom stereocenters. The molecule has 43 heavy (non-hydrogen) atoms. The van der Waals surface area contributed by atoms with Crippen molar-refractivity contribution in [3.63, 3.8) is 0 Å². The Morgan fingerprint density at radius 2 is 1.91 bits per heavy atom. The number of cyclic esters (lactones) is 1. The number of hydrogen-bond donors (Lipinski definition) is 1. The number of carboxylic acids is 1. The van der Waals surface area contributed by atoms with Crippen LogP contribution in [0, 0.1) is 17.6 Å². The number of ketones is 1. The van der Waals surface area contributed by atoms with Gasteiger partial charge < -0.3 is 28.8 Å². The van der Waals surface area contributed by atoms with Crippen LogP contribution in [-0.2, 0) is 9.53 Å². The molecule has 226 valence electrons. The summed E-state index contributed by atoms with van der Waals surface area (Å²) in [6.07, 6.45) is 3.22. The van der Waals surface area contributed by atoms with Crippen LogP contribution in [0.1, 0.15) is 55.4 Å². The second kappa shape index (κ2) is 11.3. The predicted octanol–water partition coefficient (Wildman–Crippen LogP) is 4.31. The first-order chi connectivity index (χ1) is 20.6. The Balaban J connectivity index is 1.12. The number of hydrogen-bond acceptors (Lipinski definition) is 8. The first-order valence-corrected chi connectivity index (χ1v) is 14.2. The normalized spacial score (nSPS) is 20.1. The van der Waals surface area contributed by atoms with E-state index < -0.39 is 40.8 Å². The standard InChI is InChI=1S/C30H30F2N4O7/c1-16(37)2-6-20-13-36(30(41)43-20)19-5-7-25(23(31)10-19)42-15-17-8-9-34(12-17)28-24(32)11-21-26(38)22(29(39)40)14-35(18-3-4-18)27(21)33-28/h5,7,10-11,14,17-18,20H,2-4,6,8-9,12-13,15H2,1H3,(H,39,40)/t17-,20-/m0/s1. The van der Waals surface area contributed by atoms with Gasteiger partial charge in [-0.2, -0.15) is 0 Å². The first-order valence-electron chi connectivity index (χ1n) is 14.2. The van der Waals surface area contributed by atoms with Crippen molar-refractivity contribution in [2.24, 2.45) is 5.92 Å². The average molecular weight is 597 g/mol. The fraction of sp³-hybridized carbons (Fsp3) is 0.433. The van der Waals surface area contributed by atoms with Crippen LogP contribution < -0.4 is 20.0 Å². The SMILES string of the molecule is CC(=O)CC[C@H]1CN(c2ccc(OC[C@H]3CCN(c4nc5c(cc4F)c(=O)c(C(=O)O)cn5C4CC4)C3)c(F)c2)C(=O)O1. The van der Waals surface area contributed by atoms with Crippen molar-refractivity contribution in [1.82, 2.24) is 9.55 Å². The van der Waals surface area contributed by atoms with Gasteiger partial charge in [-0.25, -0.2) is 23.4 Å². The van der Waals surface area contributed by atoms with Gasteiger partial charge in [0, 0.05) is 43.7 Å². The summed E-state index contributed by atoms with van der Waals surface area (Å²) in [6, 6.07) is 5.29. The molecule has 13 heteroatoms. The van der Waals surface area contributed by atoms with Crippen LogP contribution in [0.3, 0.4) is 0 Å². The second-order valence-corrected chi connectivity index (χ2v) is 11.4. The molecule has 3 fully saturated rings. The van der Waals surface area contributed by atoms with E-state index in [-0.39, 0.29) is 53.5 Å². The van der Waals surface area contributed by atoms with Crippen LogP contribution in [0.15, 0.2) is 35.3 Å². The lowest BCUT2D eigenvalue weighted by molar-refractivity contribution is -0.117. The summed E-state index contributed by atoms with van der Waals surface area (Å²) in [5, 5.41) is 9.37. The Morgan fingerprint density at radius 1 is 1.12 bits per heavy atom. The van der Waals surface area contributed by atoms with Gasteiger partial charge in [0.05, 0.1) is 24.2 Å². The lowest BCUT2D eigenvalue weighted by Gasteiger charge is -2.20. The number of pyridine rings is 2. The molecule has 0 bridgehead atoms. The van der Waals surface area contributed by atoms with Gasteiger partial charge in [-0.15, -0.1) is 0 Å². The van der Waals surface area contributed by atoms with E-state index in [0.717, 1.165) is 18.9 Å². The van der Waals surface area contributed by atoms with Crippen LogP contribution >= 0.6 is 0 Å². The van der Waals surface area contributed by atoms with Crippen LogP contribution in [0.25, 0.3) is 11.0 Å². The molecule has 6 rings (SSSR count). The molecule has 0 spiro atoms. The average Bonchev–Trinajstić information content (AvgIpc) is 3.58. The summed E-state index contributed by atoms with van der Waals surface area (Å²) in [4.78, 5) is 55.4. The van der Waals surface area contributed by atoms with Crippen LogP contribution in [0.2, 0.25) is 0 Å². The van der Waals surface area contributed by atoms with E-state index >= 15 is 4.39 Å². The van der Waals surface area contributed by atoms with E-state index in [1.807, 2.05) is 0 Å². The van der Waals surface area contributed by atoms with Crippen LogP contribution in [0.5, 0.6) is 5.75 Å². The molecule has 1 N–H and O–H groups in total. The summed E-state index contributed by atoms with van der Waals surface area (Å²) in [6.45, 7) is 2.71. The summed E-state index contributed by atoms with van der Waals surface area (Å²) < 4.78 is 42.9. The predicted molar refractivity (Wildman–Crippen MR) is 151 cm³/mol. The van der Waals surface area contributed by atoms with Crippen LogP contribution in [-0.4, -0.2) is 64.8 Å². The number of ether oxygens (including phenoxy) is 2. The molecule has 3 aromatic rings. The van der Waals surface area contributed by atoms with Crippen molar-refractivity contribution in [3.8, 4) is 5.75 Å². The number of carboxylic acid groups (broad SMARTS) is 1. The molecule has 1 aliphatic carbocycles. The molecule has 0 radical (unpaired) electrons. The number of carbonyl (C=O) groups is 3. The summed E-state index contributed by atoms with van der Waals surface area (Å²) in [5.74, 6) is -2.71. The zero-order chi connectivity index (χ0) is 30.4. The highest BCUT2D eigenvalue weighted by Crippen LogP contribution is 2.37. The topological polar surface area (TPSA) is 131 Å². The van der Waals surface area contributed by atoms with Crippen molar-refractivity contribution in [3.05, 3.63) is 57.9 Å². The molecule has 1 amide bonds. The van der Waals surface area contributed by atoms with Gasteiger partial charge >= 0.3 is 12.1 Å². The number of halogens is 2. The lowest BCUT2D eigenvalue weighted by Crippen LogP contribution is -2.26. The number of fused-ring (bicyclic) bond motifs is 1.